The summed E-state index contributed by atoms with van der Waals surface area (Å²) in [6, 6.07) is 0. The number of hydrazine groups is 1. The van der Waals surface area contributed by atoms with Gasteiger partial charge in [-0.3, -0.25) is 5.43 Å². The zero-order valence-corrected chi connectivity index (χ0v) is 12.9. The number of nitrogens with two attached hydrogens (primary N) is 1. The quantitative estimate of drug-likeness (QED) is 0.470. The van der Waals surface area contributed by atoms with Crippen molar-refractivity contribution in [1.82, 2.24) is 25.1 Å². The summed E-state index contributed by atoms with van der Waals surface area (Å²) in [5.41, 5.74) is 2.43. The van der Waals surface area contributed by atoms with Crippen molar-refractivity contribution in [2.24, 2.45) is 5.84 Å². The predicted octanol–water partition coefficient (Wildman–Crippen LogP) is 0.948. The number of thioether (sulfide) groups is 1. The Kier molecular flexibility index (Phi) is 4.74. The van der Waals surface area contributed by atoms with Crippen molar-refractivity contribution in [3.8, 4) is 0 Å². The minimum Gasteiger partial charge on any atom is -0.347 e. The van der Waals surface area contributed by atoms with Gasteiger partial charge in [-0.15, -0.1) is 10.2 Å². The Labute approximate surface area is 122 Å². The van der Waals surface area contributed by atoms with E-state index in [1.165, 1.54) is 23.1 Å². The van der Waals surface area contributed by atoms with Gasteiger partial charge in [-0.25, -0.2) is 5.84 Å². The number of nitrogens with one attached hydrogen (secondary N) is 1. The molecule has 0 radical (unpaired) electrons. The average Bonchev–Trinajstić information content (AvgIpc) is 2.85. The van der Waals surface area contributed by atoms with E-state index in [1.807, 2.05) is 20.4 Å². The standard InChI is InChI=1S/C8H12N8S3/c1-16(2)5-10-4(13-9)11-6(12-5)18-8-15-14-7(17-3)19-8/h9H2,1-3H3,(H,10,11,12,13). The van der Waals surface area contributed by atoms with E-state index in [0.29, 0.717) is 17.1 Å². The Hall–Kier alpha value is -1.17. The zero-order chi connectivity index (χ0) is 13.8. The monoisotopic (exact) mass is 316 g/mol. The second kappa shape index (κ2) is 6.32. The van der Waals surface area contributed by atoms with Crippen molar-refractivity contribution in [3.05, 3.63) is 0 Å². The Morgan fingerprint density at radius 3 is 2.47 bits per heavy atom. The van der Waals surface area contributed by atoms with Crippen LogP contribution in [0.5, 0.6) is 0 Å². The first kappa shape index (κ1) is 14.2. The fourth-order valence-corrected chi connectivity index (χ4v) is 3.34. The number of nitrogens with zero attached hydrogens (tertiary/aromatic N) is 6. The summed E-state index contributed by atoms with van der Waals surface area (Å²) in [5, 5.41) is 8.60. The van der Waals surface area contributed by atoms with Crippen molar-refractivity contribution in [1.29, 1.82) is 0 Å². The van der Waals surface area contributed by atoms with Gasteiger partial charge < -0.3 is 4.90 Å². The summed E-state index contributed by atoms with van der Waals surface area (Å²) in [5.74, 6) is 6.19. The molecule has 8 nitrogen and oxygen atoms in total. The number of rotatable bonds is 5. The van der Waals surface area contributed by atoms with Crippen molar-refractivity contribution >= 4 is 46.8 Å². The Balaban J connectivity index is 2.25. The van der Waals surface area contributed by atoms with Gasteiger partial charge in [-0.05, 0) is 18.0 Å². The Morgan fingerprint density at radius 2 is 1.89 bits per heavy atom. The molecule has 0 amide bonds. The highest BCUT2D eigenvalue weighted by Crippen LogP contribution is 2.31. The average molecular weight is 316 g/mol. The van der Waals surface area contributed by atoms with Crippen LogP contribution in [0.4, 0.5) is 11.9 Å². The topological polar surface area (TPSA) is 106 Å². The molecule has 19 heavy (non-hydrogen) atoms. The number of aromatic nitrogens is 5. The smallest absolute Gasteiger partial charge is 0.242 e. The van der Waals surface area contributed by atoms with Crippen LogP contribution in [0.25, 0.3) is 0 Å². The third-order valence-electron chi connectivity index (χ3n) is 1.87. The Morgan fingerprint density at radius 1 is 1.16 bits per heavy atom. The van der Waals surface area contributed by atoms with E-state index in [1.54, 1.807) is 16.7 Å². The summed E-state index contributed by atoms with van der Waals surface area (Å²) < 4.78 is 1.68. The van der Waals surface area contributed by atoms with Gasteiger partial charge in [0.15, 0.2) is 8.68 Å². The van der Waals surface area contributed by atoms with Crippen molar-refractivity contribution in [2.45, 2.75) is 13.8 Å². The van der Waals surface area contributed by atoms with Crippen molar-refractivity contribution < 1.29 is 0 Å². The molecule has 0 aliphatic rings. The summed E-state index contributed by atoms with van der Waals surface area (Å²) in [6.07, 6.45) is 1.96. The molecule has 2 rings (SSSR count). The van der Waals surface area contributed by atoms with E-state index in [4.69, 9.17) is 5.84 Å². The van der Waals surface area contributed by atoms with Gasteiger partial charge in [0, 0.05) is 14.1 Å². The molecule has 0 spiro atoms. The number of nitrogen functional groups attached to an aromatic ring is 1. The summed E-state index contributed by atoms with van der Waals surface area (Å²) in [4.78, 5) is 14.4. The van der Waals surface area contributed by atoms with Crippen LogP contribution in [-0.4, -0.2) is 45.5 Å². The highest BCUT2D eigenvalue weighted by molar-refractivity contribution is 8.02. The lowest BCUT2D eigenvalue weighted by molar-refractivity contribution is 0.863. The first-order chi connectivity index (χ1) is 9.12. The maximum Gasteiger partial charge on any atom is 0.242 e. The molecular formula is C8H12N8S3. The lowest BCUT2D eigenvalue weighted by Gasteiger charge is -2.11. The van der Waals surface area contributed by atoms with Gasteiger partial charge in [-0.2, -0.15) is 15.0 Å². The molecule has 0 unspecified atom stereocenters. The minimum atomic E-state index is 0.316. The predicted molar refractivity (Wildman–Crippen MR) is 77.8 cm³/mol. The van der Waals surface area contributed by atoms with Crippen molar-refractivity contribution in [2.75, 3.05) is 30.7 Å². The molecule has 0 fully saturated rings. The maximum atomic E-state index is 5.35. The number of anilines is 2. The van der Waals surface area contributed by atoms with E-state index in [0.717, 1.165) is 8.68 Å². The zero-order valence-electron chi connectivity index (χ0n) is 10.5. The fourth-order valence-electron chi connectivity index (χ4n) is 1.06. The first-order valence-corrected chi connectivity index (χ1v) is 7.93. The highest BCUT2D eigenvalue weighted by atomic mass is 32.2. The molecule has 0 bridgehead atoms. The molecule has 2 aromatic rings. The number of hydrogen-bond acceptors (Lipinski definition) is 11. The van der Waals surface area contributed by atoms with E-state index < -0.39 is 0 Å². The number of hydrogen-bond donors (Lipinski definition) is 2. The second-order valence-corrected chi connectivity index (χ2v) is 6.67. The molecule has 0 aromatic carbocycles. The maximum absolute atomic E-state index is 5.35. The lowest BCUT2D eigenvalue weighted by Crippen LogP contribution is -2.17. The molecule has 0 aliphatic carbocycles. The van der Waals surface area contributed by atoms with Gasteiger partial charge in [0.2, 0.25) is 17.1 Å². The van der Waals surface area contributed by atoms with E-state index in [2.05, 4.69) is 30.6 Å². The van der Waals surface area contributed by atoms with Crippen LogP contribution in [0.3, 0.4) is 0 Å². The van der Waals surface area contributed by atoms with Crippen LogP contribution in [0.2, 0.25) is 0 Å². The molecule has 0 saturated carbocycles. The van der Waals surface area contributed by atoms with Crippen LogP contribution in [0, 0.1) is 0 Å². The van der Waals surface area contributed by atoms with E-state index >= 15 is 0 Å². The first-order valence-electron chi connectivity index (χ1n) is 5.07. The minimum absolute atomic E-state index is 0.316. The lowest BCUT2D eigenvalue weighted by atomic mass is 10.8. The summed E-state index contributed by atoms with van der Waals surface area (Å²) >= 11 is 4.38. The van der Waals surface area contributed by atoms with Gasteiger partial charge >= 0.3 is 0 Å². The largest absolute Gasteiger partial charge is 0.347 e. The van der Waals surface area contributed by atoms with Crippen LogP contribution in [0.15, 0.2) is 13.8 Å². The molecule has 2 aromatic heterocycles. The fraction of sp³-hybridized carbons (Fsp3) is 0.375. The van der Waals surface area contributed by atoms with Crippen molar-refractivity contribution in [3.63, 3.8) is 0 Å². The van der Waals surface area contributed by atoms with Gasteiger partial charge in [0.1, 0.15) is 0 Å². The molecule has 0 aliphatic heterocycles. The molecule has 0 atom stereocenters. The van der Waals surface area contributed by atoms with E-state index in [9.17, 15) is 0 Å². The SMILES string of the molecule is CSc1nnc(Sc2nc(NN)nc(N(C)C)n2)s1. The van der Waals surface area contributed by atoms with Crippen LogP contribution >= 0.6 is 34.9 Å². The van der Waals surface area contributed by atoms with Crippen LogP contribution in [0.1, 0.15) is 0 Å². The van der Waals surface area contributed by atoms with Crippen LogP contribution in [-0.2, 0) is 0 Å². The molecule has 102 valence electrons. The van der Waals surface area contributed by atoms with Crippen LogP contribution < -0.4 is 16.2 Å². The third kappa shape index (κ3) is 3.65. The Bertz CT molecular complexity index is 557. The normalized spacial score (nSPS) is 10.5. The highest BCUT2D eigenvalue weighted by Gasteiger charge is 2.12. The third-order valence-corrected chi connectivity index (χ3v) is 4.69. The van der Waals surface area contributed by atoms with Gasteiger partial charge in [-0.1, -0.05) is 23.1 Å². The summed E-state index contributed by atoms with van der Waals surface area (Å²) in [6.45, 7) is 0. The molecule has 3 N–H and O–H groups in total. The molecule has 11 heteroatoms. The summed E-state index contributed by atoms with van der Waals surface area (Å²) in [7, 11) is 3.70. The second-order valence-electron chi connectivity index (χ2n) is 3.42. The van der Waals surface area contributed by atoms with Gasteiger partial charge in [0.25, 0.3) is 0 Å². The molecular weight excluding hydrogens is 304 g/mol. The van der Waals surface area contributed by atoms with E-state index in [-0.39, 0.29) is 0 Å². The van der Waals surface area contributed by atoms with Gasteiger partial charge in [0.05, 0.1) is 0 Å². The molecule has 0 saturated heterocycles. The molecule has 2 heterocycles.